The number of rotatable bonds is 4. The van der Waals surface area contributed by atoms with Crippen molar-refractivity contribution in [3.8, 4) is 5.75 Å². The van der Waals surface area contributed by atoms with E-state index in [4.69, 9.17) is 19.3 Å². The number of carbonyl (C=O) groups excluding carboxylic acids is 3. The van der Waals surface area contributed by atoms with Crippen molar-refractivity contribution in [3.63, 3.8) is 0 Å². The highest BCUT2D eigenvalue weighted by Gasteiger charge is 2.21. The molecule has 2 amide bonds. The van der Waals surface area contributed by atoms with Gasteiger partial charge < -0.3 is 24.6 Å². The molecule has 0 unspecified atom stereocenters. The summed E-state index contributed by atoms with van der Waals surface area (Å²) in [6.45, 7) is 9.71. The van der Waals surface area contributed by atoms with Gasteiger partial charge in [-0.1, -0.05) is 12.1 Å². The number of benzene rings is 2. The van der Waals surface area contributed by atoms with Gasteiger partial charge in [-0.2, -0.15) is 0 Å². The van der Waals surface area contributed by atoms with Crippen LogP contribution in [0.15, 0.2) is 47.5 Å². The number of aliphatic hydroxyl groups is 1. The van der Waals surface area contributed by atoms with Gasteiger partial charge in [-0.25, -0.2) is 18.8 Å². The molecule has 0 aliphatic heterocycles. The molecule has 36 heavy (non-hydrogen) atoms. The zero-order valence-electron chi connectivity index (χ0n) is 21.0. The first-order valence-electron chi connectivity index (χ1n) is 11.0. The second kappa shape index (κ2) is 11.6. The van der Waals surface area contributed by atoms with Crippen molar-refractivity contribution in [2.75, 3.05) is 5.32 Å². The number of hydrogen-bond donors (Lipinski definition) is 3. The van der Waals surface area contributed by atoms with Crippen molar-refractivity contribution in [1.29, 1.82) is 0 Å². The van der Waals surface area contributed by atoms with E-state index in [0.29, 0.717) is 5.56 Å². The minimum Gasteiger partial charge on any atom is -0.444 e. The lowest BCUT2D eigenvalue weighted by molar-refractivity contribution is 0.0561. The molecule has 0 saturated carbocycles. The van der Waals surface area contributed by atoms with E-state index < -0.39 is 35.2 Å². The molecule has 10 nitrogen and oxygen atoms in total. The number of nitrogens with one attached hydrogen (secondary N) is 2. The summed E-state index contributed by atoms with van der Waals surface area (Å²) in [6, 6.07) is 9.53. The fourth-order valence-corrected chi connectivity index (χ4v) is 2.58. The van der Waals surface area contributed by atoms with Crippen molar-refractivity contribution >= 4 is 29.8 Å². The molecule has 0 saturated heterocycles. The average Bonchev–Trinajstić information content (AvgIpc) is 2.71. The Morgan fingerprint density at radius 1 is 0.944 bits per heavy atom. The Morgan fingerprint density at radius 3 is 2.08 bits per heavy atom. The number of aliphatic imine (C=N–C) groups is 1. The molecule has 0 aromatic heterocycles. The van der Waals surface area contributed by atoms with Gasteiger partial charge >= 0.3 is 18.2 Å². The molecule has 0 aliphatic carbocycles. The molecule has 0 radical (unpaired) electrons. The van der Waals surface area contributed by atoms with Crippen LogP contribution in [0, 0.1) is 5.82 Å². The molecule has 0 bridgehead atoms. The fraction of sp³-hybridized carbons (Fsp3) is 0.360. The van der Waals surface area contributed by atoms with E-state index in [9.17, 15) is 18.8 Å². The first-order chi connectivity index (χ1) is 16.6. The minimum absolute atomic E-state index is 0.0646. The summed E-state index contributed by atoms with van der Waals surface area (Å²) in [5, 5.41) is 14.0. The lowest BCUT2D eigenvalue weighted by Gasteiger charge is -2.21. The number of carbonyl (C=O) groups is 3. The van der Waals surface area contributed by atoms with Gasteiger partial charge in [0.1, 0.15) is 22.8 Å². The zero-order valence-corrected chi connectivity index (χ0v) is 21.0. The van der Waals surface area contributed by atoms with Crippen LogP contribution < -0.4 is 15.4 Å². The molecule has 0 spiro atoms. The highest BCUT2D eigenvalue weighted by atomic mass is 19.1. The highest BCUT2D eigenvalue weighted by molar-refractivity contribution is 6.06. The number of amides is 2. The summed E-state index contributed by atoms with van der Waals surface area (Å²) < 4.78 is 30.2. The van der Waals surface area contributed by atoms with E-state index in [1.54, 1.807) is 53.7 Å². The summed E-state index contributed by atoms with van der Waals surface area (Å²) >= 11 is 0. The van der Waals surface area contributed by atoms with Crippen LogP contribution in [0.4, 0.5) is 19.7 Å². The monoisotopic (exact) mass is 503 g/mol. The molecule has 2 aromatic carbocycles. The standard InChI is InChI=1S/C25H30FN3O7/c1-24(2,3)35-22(32)28-21(29-23(33)36-25(4,5)6)27-16-9-12-18(19(26)13-16)20(31)34-17-10-7-15(14-30)8-11-17/h7-13,30H,14H2,1-6H3,(H2,27,28,29,32,33). The lowest BCUT2D eigenvalue weighted by atomic mass is 10.2. The van der Waals surface area contributed by atoms with E-state index in [1.807, 2.05) is 0 Å². The van der Waals surface area contributed by atoms with Gasteiger partial charge in [0.2, 0.25) is 5.96 Å². The molecule has 0 fully saturated rings. The molecule has 11 heteroatoms. The van der Waals surface area contributed by atoms with Gasteiger partial charge in [-0.05, 0) is 77.4 Å². The van der Waals surface area contributed by atoms with Crippen LogP contribution in [0.2, 0.25) is 0 Å². The molecular formula is C25H30FN3O7. The zero-order chi connectivity index (χ0) is 27.1. The summed E-state index contributed by atoms with van der Waals surface area (Å²) in [6.07, 6.45) is -1.92. The smallest absolute Gasteiger partial charge is 0.437 e. The van der Waals surface area contributed by atoms with Crippen molar-refractivity contribution in [2.45, 2.75) is 59.4 Å². The van der Waals surface area contributed by atoms with Crippen molar-refractivity contribution in [3.05, 3.63) is 59.4 Å². The Bertz CT molecular complexity index is 1130. The maximum atomic E-state index is 14.7. The number of aliphatic hydroxyl groups excluding tert-OH is 1. The van der Waals surface area contributed by atoms with Crippen LogP contribution in [-0.2, 0) is 16.1 Å². The van der Waals surface area contributed by atoms with Crippen molar-refractivity contribution in [2.24, 2.45) is 4.99 Å². The summed E-state index contributed by atoms with van der Waals surface area (Å²) in [4.78, 5) is 40.4. The van der Waals surface area contributed by atoms with Crippen LogP contribution in [-0.4, -0.2) is 40.4 Å². The van der Waals surface area contributed by atoms with Crippen molar-refractivity contribution in [1.82, 2.24) is 5.32 Å². The third-order valence-corrected chi connectivity index (χ3v) is 3.98. The van der Waals surface area contributed by atoms with Crippen LogP contribution in [0.25, 0.3) is 0 Å². The van der Waals surface area contributed by atoms with E-state index in [1.165, 1.54) is 24.3 Å². The van der Waals surface area contributed by atoms with Crippen LogP contribution in [0.5, 0.6) is 5.75 Å². The summed E-state index contributed by atoms with van der Waals surface area (Å²) in [5.41, 5.74) is -1.33. The SMILES string of the molecule is CC(C)(C)OC(=O)N=C(NC(=O)OC(C)(C)C)Nc1ccc(C(=O)Oc2ccc(CO)cc2)c(F)c1. The third kappa shape index (κ3) is 9.71. The molecule has 0 atom stereocenters. The van der Waals surface area contributed by atoms with Gasteiger partial charge in [0.05, 0.1) is 12.2 Å². The molecule has 0 heterocycles. The molecule has 194 valence electrons. The number of esters is 1. The average molecular weight is 504 g/mol. The Labute approximate surface area is 208 Å². The second-order valence-corrected chi connectivity index (χ2v) is 9.58. The quantitative estimate of drug-likeness (QED) is 0.235. The molecule has 0 aliphatic rings. The second-order valence-electron chi connectivity index (χ2n) is 9.58. The third-order valence-electron chi connectivity index (χ3n) is 3.98. The molecular weight excluding hydrogens is 473 g/mol. The van der Waals surface area contributed by atoms with Crippen LogP contribution in [0.3, 0.4) is 0 Å². The van der Waals surface area contributed by atoms with Gasteiger partial charge in [0.25, 0.3) is 0 Å². The number of halogens is 1. The fourth-order valence-electron chi connectivity index (χ4n) is 2.58. The number of anilines is 1. The number of alkyl carbamates (subject to hydrolysis) is 1. The van der Waals surface area contributed by atoms with Crippen LogP contribution in [0.1, 0.15) is 57.5 Å². The molecule has 3 N–H and O–H groups in total. The largest absolute Gasteiger partial charge is 0.444 e. The molecule has 2 aromatic rings. The van der Waals surface area contributed by atoms with Crippen LogP contribution >= 0.6 is 0 Å². The van der Waals surface area contributed by atoms with Crippen molar-refractivity contribution < 1.29 is 38.1 Å². The number of hydrogen-bond acceptors (Lipinski definition) is 7. The maximum absolute atomic E-state index is 14.7. The number of guanidine groups is 1. The van der Waals surface area contributed by atoms with Gasteiger partial charge in [0, 0.05) is 5.69 Å². The topological polar surface area (TPSA) is 136 Å². The minimum atomic E-state index is -1.01. The first-order valence-corrected chi connectivity index (χ1v) is 11.0. The number of ether oxygens (including phenoxy) is 3. The Balaban J connectivity index is 2.21. The maximum Gasteiger partial charge on any atom is 0.437 e. The van der Waals surface area contributed by atoms with E-state index >= 15 is 0 Å². The summed E-state index contributed by atoms with van der Waals surface area (Å²) in [5.74, 6) is -2.07. The Kier molecular flexibility index (Phi) is 9.12. The van der Waals surface area contributed by atoms with E-state index in [0.717, 1.165) is 6.07 Å². The highest BCUT2D eigenvalue weighted by Crippen LogP contribution is 2.19. The van der Waals surface area contributed by atoms with E-state index in [-0.39, 0.29) is 29.6 Å². The predicted molar refractivity (Wildman–Crippen MR) is 130 cm³/mol. The molecule has 2 rings (SSSR count). The summed E-state index contributed by atoms with van der Waals surface area (Å²) in [7, 11) is 0. The predicted octanol–water partition coefficient (Wildman–Crippen LogP) is 4.76. The Morgan fingerprint density at radius 2 is 1.56 bits per heavy atom. The van der Waals surface area contributed by atoms with Gasteiger partial charge in [-0.15, -0.1) is 4.99 Å². The Hall–Kier alpha value is -3.99. The van der Waals surface area contributed by atoms with Gasteiger partial charge in [-0.3, -0.25) is 5.32 Å². The van der Waals surface area contributed by atoms with Gasteiger partial charge in [0.15, 0.2) is 0 Å². The van der Waals surface area contributed by atoms with E-state index in [2.05, 4.69) is 15.6 Å². The lowest BCUT2D eigenvalue weighted by Crippen LogP contribution is -2.40. The first kappa shape index (κ1) is 28.2. The normalized spacial score (nSPS) is 11.9. The number of nitrogens with zero attached hydrogens (tertiary/aromatic N) is 1.